The van der Waals surface area contributed by atoms with Crippen LogP contribution in [0.15, 0.2) is 55.1 Å². The lowest BCUT2D eigenvalue weighted by Gasteiger charge is -2.12. The molecule has 0 aliphatic carbocycles. The highest BCUT2D eigenvalue weighted by molar-refractivity contribution is 5.78. The molecule has 0 fully saturated rings. The van der Waals surface area contributed by atoms with E-state index in [0.29, 0.717) is 11.4 Å². The van der Waals surface area contributed by atoms with Crippen molar-refractivity contribution in [3.63, 3.8) is 0 Å². The second-order valence-electron chi connectivity index (χ2n) is 4.90. The molecule has 0 spiro atoms. The number of carbonyl (C=O) groups is 1. The second-order valence-corrected chi connectivity index (χ2v) is 4.90. The summed E-state index contributed by atoms with van der Waals surface area (Å²) in [5.74, 6) is 0.0322. The van der Waals surface area contributed by atoms with Gasteiger partial charge in [0.05, 0.1) is 11.9 Å². The lowest BCUT2D eigenvalue weighted by Crippen LogP contribution is -2.30. The van der Waals surface area contributed by atoms with E-state index in [1.807, 2.05) is 24.4 Å². The number of nitrogens with zero attached hydrogens (tertiary/aromatic N) is 4. The molecule has 1 amide bonds. The zero-order chi connectivity index (χ0) is 16.2. The Morgan fingerprint density at radius 3 is 2.87 bits per heavy atom. The monoisotopic (exact) mass is 309 g/mol. The van der Waals surface area contributed by atoms with Crippen molar-refractivity contribution in [3.8, 4) is 22.8 Å². The Labute approximate surface area is 132 Å². The Balaban J connectivity index is 1.85. The summed E-state index contributed by atoms with van der Waals surface area (Å²) in [6.45, 7) is 1.61. The zero-order valence-electron chi connectivity index (χ0n) is 12.5. The van der Waals surface area contributed by atoms with Gasteiger partial charge in [0.1, 0.15) is 17.1 Å². The Bertz CT molecular complexity index is 816. The minimum Gasteiger partial charge on any atom is -0.481 e. The number of carbonyl (C=O) groups excluding carboxylic acids is 1. The number of rotatable bonds is 5. The van der Waals surface area contributed by atoms with E-state index in [2.05, 4.69) is 15.1 Å². The van der Waals surface area contributed by atoms with Gasteiger partial charge in [-0.25, -0.2) is 4.68 Å². The molecule has 0 aliphatic rings. The van der Waals surface area contributed by atoms with Crippen molar-refractivity contribution >= 4 is 5.91 Å². The van der Waals surface area contributed by atoms with Gasteiger partial charge in [0.25, 0.3) is 5.91 Å². The Morgan fingerprint density at radius 2 is 2.13 bits per heavy atom. The molecule has 0 saturated heterocycles. The van der Waals surface area contributed by atoms with Crippen LogP contribution in [0.25, 0.3) is 17.1 Å². The van der Waals surface area contributed by atoms with Crippen molar-refractivity contribution in [2.45, 2.75) is 13.0 Å². The van der Waals surface area contributed by atoms with Gasteiger partial charge in [-0.1, -0.05) is 6.07 Å². The molecule has 0 bridgehead atoms. The smallest absolute Gasteiger partial charge is 0.258 e. The second kappa shape index (κ2) is 6.27. The fourth-order valence-corrected chi connectivity index (χ4v) is 2.00. The molecule has 7 heteroatoms. The third kappa shape index (κ3) is 3.34. The van der Waals surface area contributed by atoms with Crippen molar-refractivity contribution in [3.05, 3.63) is 55.1 Å². The van der Waals surface area contributed by atoms with E-state index in [1.165, 1.54) is 0 Å². The van der Waals surface area contributed by atoms with Gasteiger partial charge >= 0.3 is 0 Å². The van der Waals surface area contributed by atoms with Gasteiger partial charge in [-0.2, -0.15) is 5.10 Å². The number of ether oxygens (including phenoxy) is 1. The molecular formula is C16H15N5O2. The van der Waals surface area contributed by atoms with E-state index < -0.39 is 12.0 Å². The van der Waals surface area contributed by atoms with Gasteiger partial charge in [0, 0.05) is 24.7 Å². The van der Waals surface area contributed by atoms with Crippen LogP contribution in [0.4, 0.5) is 0 Å². The summed E-state index contributed by atoms with van der Waals surface area (Å²) in [7, 11) is 0. The van der Waals surface area contributed by atoms with Crippen molar-refractivity contribution in [2.24, 2.45) is 5.73 Å². The molecule has 0 aliphatic heterocycles. The fraction of sp³-hybridized carbons (Fsp3) is 0.125. The molecule has 116 valence electrons. The molecule has 2 N–H and O–H groups in total. The predicted molar refractivity (Wildman–Crippen MR) is 83.9 cm³/mol. The standard InChI is InChI=1S/C16H15N5O2/c1-11(16(17)22)23-13-4-2-3-12(9-13)21-8-5-14(20-21)15-10-18-6-7-19-15/h2-11H,1H3,(H2,17,22). The van der Waals surface area contributed by atoms with Crippen molar-refractivity contribution in [1.82, 2.24) is 19.7 Å². The number of hydrogen-bond acceptors (Lipinski definition) is 5. The van der Waals surface area contributed by atoms with E-state index >= 15 is 0 Å². The van der Waals surface area contributed by atoms with Crippen molar-refractivity contribution < 1.29 is 9.53 Å². The average Bonchev–Trinajstić information content (AvgIpc) is 3.06. The summed E-state index contributed by atoms with van der Waals surface area (Å²) in [6, 6.07) is 9.10. The first-order valence-corrected chi connectivity index (χ1v) is 7.02. The molecule has 1 atom stereocenters. The molecule has 23 heavy (non-hydrogen) atoms. The molecule has 1 aromatic carbocycles. The third-order valence-electron chi connectivity index (χ3n) is 3.21. The van der Waals surface area contributed by atoms with E-state index in [4.69, 9.17) is 10.5 Å². The Morgan fingerprint density at radius 1 is 1.26 bits per heavy atom. The van der Waals surface area contributed by atoms with Crippen molar-refractivity contribution in [2.75, 3.05) is 0 Å². The summed E-state index contributed by atoms with van der Waals surface area (Å²) in [6.07, 6.45) is 6.01. The van der Waals surface area contributed by atoms with Gasteiger partial charge in [-0.3, -0.25) is 14.8 Å². The minimum atomic E-state index is -0.696. The summed E-state index contributed by atoms with van der Waals surface area (Å²) in [5, 5.41) is 4.47. The molecule has 0 saturated carbocycles. The van der Waals surface area contributed by atoms with E-state index in [0.717, 1.165) is 11.4 Å². The highest BCUT2D eigenvalue weighted by Gasteiger charge is 2.11. The lowest BCUT2D eigenvalue weighted by molar-refractivity contribution is -0.123. The topological polar surface area (TPSA) is 95.9 Å². The average molecular weight is 309 g/mol. The summed E-state index contributed by atoms with van der Waals surface area (Å²) < 4.78 is 7.19. The number of amides is 1. The van der Waals surface area contributed by atoms with Gasteiger partial charge < -0.3 is 10.5 Å². The van der Waals surface area contributed by atoms with Gasteiger partial charge in [-0.05, 0) is 25.1 Å². The summed E-state index contributed by atoms with van der Waals surface area (Å²) in [5.41, 5.74) is 7.42. The van der Waals surface area contributed by atoms with Crippen LogP contribution in [0.3, 0.4) is 0 Å². The van der Waals surface area contributed by atoms with Crippen LogP contribution in [0.5, 0.6) is 5.75 Å². The molecule has 2 heterocycles. The van der Waals surface area contributed by atoms with Crippen molar-refractivity contribution in [1.29, 1.82) is 0 Å². The minimum absolute atomic E-state index is 0.514. The number of nitrogens with two attached hydrogens (primary N) is 1. The number of primary amides is 1. The van der Waals surface area contributed by atoms with E-state index in [1.54, 1.807) is 42.3 Å². The molecule has 3 rings (SSSR count). The van der Waals surface area contributed by atoms with Crippen LogP contribution in [0.1, 0.15) is 6.92 Å². The third-order valence-corrected chi connectivity index (χ3v) is 3.21. The maximum absolute atomic E-state index is 11.1. The molecular weight excluding hydrogens is 294 g/mol. The van der Waals surface area contributed by atoms with Gasteiger partial charge in [0.2, 0.25) is 0 Å². The summed E-state index contributed by atoms with van der Waals surface area (Å²) >= 11 is 0. The first kappa shape index (κ1) is 14.7. The lowest BCUT2D eigenvalue weighted by atomic mass is 10.3. The molecule has 3 aromatic rings. The van der Waals surface area contributed by atoms with E-state index in [9.17, 15) is 4.79 Å². The highest BCUT2D eigenvalue weighted by Crippen LogP contribution is 2.20. The molecule has 2 aromatic heterocycles. The highest BCUT2D eigenvalue weighted by atomic mass is 16.5. The predicted octanol–water partition coefficient (Wildman–Crippen LogP) is 1.58. The van der Waals surface area contributed by atoms with Gasteiger partial charge in [-0.15, -0.1) is 0 Å². The molecule has 1 unspecified atom stereocenters. The fourth-order valence-electron chi connectivity index (χ4n) is 2.00. The quantitative estimate of drug-likeness (QED) is 0.772. The van der Waals surface area contributed by atoms with Crippen LogP contribution in [0.2, 0.25) is 0 Å². The van der Waals surface area contributed by atoms with Gasteiger partial charge in [0.15, 0.2) is 6.10 Å². The van der Waals surface area contributed by atoms with Crippen LogP contribution >= 0.6 is 0 Å². The maximum Gasteiger partial charge on any atom is 0.258 e. The first-order chi connectivity index (χ1) is 11.1. The SMILES string of the molecule is CC(Oc1cccc(-n2ccc(-c3cnccn3)n2)c1)C(N)=O. The largest absolute Gasteiger partial charge is 0.481 e. The van der Waals surface area contributed by atoms with Crippen LogP contribution in [-0.4, -0.2) is 31.8 Å². The maximum atomic E-state index is 11.1. The number of aromatic nitrogens is 4. The van der Waals surface area contributed by atoms with E-state index in [-0.39, 0.29) is 0 Å². The molecule has 7 nitrogen and oxygen atoms in total. The van der Waals surface area contributed by atoms with Crippen LogP contribution in [0, 0.1) is 0 Å². The van der Waals surface area contributed by atoms with Crippen LogP contribution < -0.4 is 10.5 Å². The Hall–Kier alpha value is -3.22. The first-order valence-electron chi connectivity index (χ1n) is 7.02. The molecule has 0 radical (unpaired) electrons. The number of hydrogen-bond donors (Lipinski definition) is 1. The number of benzene rings is 1. The normalized spacial score (nSPS) is 11.9. The zero-order valence-corrected chi connectivity index (χ0v) is 12.5. The van der Waals surface area contributed by atoms with Crippen LogP contribution in [-0.2, 0) is 4.79 Å². The summed E-state index contributed by atoms with van der Waals surface area (Å²) in [4.78, 5) is 19.3. The Kier molecular flexibility index (Phi) is 4.01.